The minimum atomic E-state index is -0.497. The number of ether oxygens (including phenoxy) is 2. The molecule has 1 heterocycles. The van der Waals surface area contributed by atoms with Gasteiger partial charge in [0.05, 0.1) is 7.11 Å². The number of hydrogen-bond donors (Lipinski definition) is 2. The first-order valence-corrected chi connectivity index (χ1v) is 15.1. The summed E-state index contributed by atoms with van der Waals surface area (Å²) in [6.45, 7) is 14.2. The van der Waals surface area contributed by atoms with Crippen LogP contribution in [0.1, 0.15) is 72.6 Å². The quantitative estimate of drug-likeness (QED) is 0.262. The van der Waals surface area contributed by atoms with Crippen molar-refractivity contribution in [3.63, 3.8) is 0 Å². The van der Waals surface area contributed by atoms with Crippen LogP contribution < -0.4 is 14.9 Å². The smallest absolute Gasteiger partial charge is 0.239 e. The van der Waals surface area contributed by atoms with E-state index in [1.165, 1.54) is 42.9 Å². The van der Waals surface area contributed by atoms with E-state index in [1.807, 2.05) is 6.08 Å². The van der Waals surface area contributed by atoms with Gasteiger partial charge in [-0.05, 0) is 98.5 Å². The molecule has 6 heteroatoms. The highest BCUT2D eigenvalue weighted by atomic mass is 16.5. The van der Waals surface area contributed by atoms with Gasteiger partial charge in [0.25, 0.3) is 0 Å². The topological polar surface area (TPSA) is 89.1 Å². The molecule has 2 N–H and O–H groups in total. The molecular weight excluding hydrogens is 528 g/mol. The summed E-state index contributed by atoms with van der Waals surface area (Å²) >= 11 is 0. The van der Waals surface area contributed by atoms with E-state index in [4.69, 9.17) is 13.9 Å². The number of aromatic hydroxyl groups is 2. The summed E-state index contributed by atoms with van der Waals surface area (Å²) in [4.78, 5) is 13.6. The summed E-state index contributed by atoms with van der Waals surface area (Å²) in [6.07, 6.45) is 10.3. The van der Waals surface area contributed by atoms with E-state index in [-0.39, 0.29) is 40.6 Å². The minimum Gasteiger partial charge on any atom is -0.508 e. The van der Waals surface area contributed by atoms with Crippen molar-refractivity contribution in [3.05, 3.63) is 70.4 Å². The van der Waals surface area contributed by atoms with Gasteiger partial charge in [0, 0.05) is 17.7 Å². The molecule has 0 radical (unpaired) electrons. The Balaban J connectivity index is 1.37. The van der Waals surface area contributed by atoms with E-state index < -0.39 is 5.43 Å². The molecule has 0 spiro atoms. The highest BCUT2D eigenvalue weighted by Crippen LogP contribution is 2.61. The lowest BCUT2D eigenvalue weighted by Crippen LogP contribution is -2.49. The number of hydrogen-bond acceptors (Lipinski definition) is 6. The van der Waals surface area contributed by atoms with Crippen LogP contribution in [0, 0.1) is 22.7 Å². The van der Waals surface area contributed by atoms with Crippen LogP contribution in [0.15, 0.2) is 69.4 Å². The third-order valence-electron chi connectivity index (χ3n) is 10.1. The van der Waals surface area contributed by atoms with E-state index in [0.29, 0.717) is 28.1 Å². The van der Waals surface area contributed by atoms with Crippen molar-refractivity contribution < 1.29 is 24.1 Å². The van der Waals surface area contributed by atoms with Crippen molar-refractivity contribution in [2.45, 2.75) is 72.6 Å². The number of methoxy groups -OCH3 is 1. The average molecular weight is 573 g/mol. The van der Waals surface area contributed by atoms with E-state index in [2.05, 4.69) is 34.3 Å². The molecule has 224 valence electrons. The van der Waals surface area contributed by atoms with Gasteiger partial charge in [0.2, 0.25) is 11.2 Å². The van der Waals surface area contributed by atoms with Crippen LogP contribution in [0.5, 0.6) is 23.0 Å². The molecule has 2 fully saturated rings. The summed E-state index contributed by atoms with van der Waals surface area (Å²) in [5.74, 6) is 1.57. The van der Waals surface area contributed by atoms with Crippen molar-refractivity contribution in [1.82, 2.24) is 0 Å². The fraction of sp³-hybridized carbons (Fsp3) is 0.472. The largest absolute Gasteiger partial charge is 0.508 e. The zero-order valence-electron chi connectivity index (χ0n) is 25.6. The third kappa shape index (κ3) is 5.56. The number of allylic oxidation sites excluding steroid dienone is 2. The van der Waals surface area contributed by atoms with Gasteiger partial charge in [-0.3, -0.25) is 4.79 Å². The zero-order valence-corrected chi connectivity index (χ0v) is 25.6. The molecule has 5 rings (SSSR count). The van der Waals surface area contributed by atoms with Gasteiger partial charge >= 0.3 is 0 Å². The third-order valence-corrected chi connectivity index (χ3v) is 10.1. The highest BCUT2D eigenvalue weighted by Gasteiger charge is 2.52. The van der Waals surface area contributed by atoms with E-state index >= 15 is 0 Å². The minimum absolute atomic E-state index is 0.0122. The second-order valence-electron chi connectivity index (χ2n) is 13.2. The molecule has 0 aliphatic heterocycles. The zero-order chi connectivity index (χ0) is 30.2. The van der Waals surface area contributed by atoms with Gasteiger partial charge < -0.3 is 24.1 Å². The molecule has 0 unspecified atom stereocenters. The molecule has 0 amide bonds. The molecule has 3 atom stereocenters. The molecule has 2 aromatic carbocycles. The first-order valence-electron chi connectivity index (χ1n) is 15.1. The van der Waals surface area contributed by atoms with Crippen LogP contribution in [0.3, 0.4) is 0 Å². The Labute approximate surface area is 248 Å². The van der Waals surface area contributed by atoms with Gasteiger partial charge in [-0.1, -0.05) is 44.9 Å². The predicted octanol–water partition coefficient (Wildman–Crippen LogP) is 8.78. The van der Waals surface area contributed by atoms with Gasteiger partial charge in [0.15, 0.2) is 5.76 Å². The van der Waals surface area contributed by atoms with Crippen LogP contribution in [0.2, 0.25) is 0 Å². The molecule has 3 aromatic rings. The Kier molecular flexibility index (Phi) is 8.19. The standard InChI is InChI=1S/C36H44O6/c1-22(8-14-27-23(2)9-15-30-35(3,4)17-7-18-36(27,30)5)16-19-41-34-32(39)31-28(38)20-25(37)21-29(31)42-33(34)24-10-12-26(40-6)13-11-24/h10-13,16,20-21,27,30,37-38H,2,7-9,14-15,17-19H2,1,3-6H3/b22-16+/t27-,30-,36+/m0/s1. The van der Waals surface area contributed by atoms with E-state index in [0.717, 1.165) is 31.2 Å². The molecular formula is C36H44O6. The lowest BCUT2D eigenvalue weighted by molar-refractivity contribution is -0.0539. The van der Waals surface area contributed by atoms with Gasteiger partial charge in [-0.15, -0.1) is 0 Å². The number of phenolic OH excluding ortho intramolecular Hbond substituents is 2. The first-order chi connectivity index (χ1) is 19.9. The highest BCUT2D eigenvalue weighted by molar-refractivity contribution is 5.88. The average Bonchev–Trinajstić information content (AvgIpc) is 2.92. The van der Waals surface area contributed by atoms with Gasteiger partial charge in [-0.2, -0.15) is 0 Å². The predicted molar refractivity (Wildman–Crippen MR) is 167 cm³/mol. The Bertz CT molecular complexity index is 1560. The molecule has 1 aromatic heterocycles. The lowest BCUT2D eigenvalue weighted by Gasteiger charge is -2.58. The Morgan fingerprint density at radius 2 is 1.88 bits per heavy atom. The maximum absolute atomic E-state index is 13.6. The molecule has 6 nitrogen and oxygen atoms in total. The van der Waals surface area contributed by atoms with Crippen LogP contribution in [0.25, 0.3) is 22.3 Å². The number of fused-ring (bicyclic) bond motifs is 2. The first kappa shape index (κ1) is 29.8. The Hall–Kier alpha value is -3.67. The Morgan fingerprint density at radius 1 is 1.14 bits per heavy atom. The van der Waals surface area contributed by atoms with Gasteiger partial charge in [0.1, 0.15) is 34.8 Å². The van der Waals surface area contributed by atoms with Crippen molar-refractivity contribution in [2.24, 2.45) is 22.7 Å². The van der Waals surface area contributed by atoms with Crippen LogP contribution in [0.4, 0.5) is 0 Å². The number of benzene rings is 2. The fourth-order valence-electron chi connectivity index (χ4n) is 7.88. The molecule has 42 heavy (non-hydrogen) atoms. The SMILES string of the molecule is C=C1CC[C@H]2C(C)(C)CCC[C@]2(C)[C@H]1CC/C(C)=C/COc1c(-c2ccc(OC)cc2)oc2cc(O)cc(O)c2c1=O. The molecule has 0 saturated heterocycles. The number of phenols is 2. The molecule has 0 bridgehead atoms. The maximum atomic E-state index is 13.6. The molecule has 2 aliphatic rings. The normalized spacial score (nSPS) is 23.9. The van der Waals surface area contributed by atoms with E-state index in [9.17, 15) is 15.0 Å². The van der Waals surface area contributed by atoms with Crippen LogP contribution in [-0.2, 0) is 0 Å². The van der Waals surface area contributed by atoms with Crippen LogP contribution >= 0.6 is 0 Å². The lowest BCUT2D eigenvalue weighted by atomic mass is 9.47. The van der Waals surface area contributed by atoms with Crippen molar-refractivity contribution >= 4 is 11.0 Å². The Morgan fingerprint density at radius 3 is 2.60 bits per heavy atom. The van der Waals surface area contributed by atoms with Gasteiger partial charge in [-0.25, -0.2) is 0 Å². The summed E-state index contributed by atoms with van der Waals surface area (Å²) in [7, 11) is 1.58. The van der Waals surface area contributed by atoms with Crippen LogP contribution in [-0.4, -0.2) is 23.9 Å². The summed E-state index contributed by atoms with van der Waals surface area (Å²) in [5.41, 5.74) is 3.46. The second-order valence-corrected chi connectivity index (χ2v) is 13.2. The van der Waals surface area contributed by atoms with Crippen molar-refractivity contribution in [3.8, 4) is 34.3 Å². The molecule has 2 saturated carbocycles. The van der Waals surface area contributed by atoms with Crippen molar-refractivity contribution in [2.75, 3.05) is 13.7 Å². The summed E-state index contributed by atoms with van der Waals surface area (Å²) in [5, 5.41) is 20.4. The maximum Gasteiger partial charge on any atom is 0.239 e. The monoisotopic (exact) mass is 572 g/mol. The fourth-order valence-corrected chi connectivity index (χ4v) is 7.88. The van der Waals surface area contributed by atoms with Crippen molar-refractivity contribution in [1.29, 1.82) is 0 Å². The van der Waals surface area contributed by atoms with E-state index in [1.54, 1.807) is 31.4 Å². The molecule has 2 aliphatic carbocycles. The number of rotatable bonds is 8. The summed E-state index contributed by atoms with van der Waals surface area (Å²) < 4.78 is 17.4. The second kappa shape index (κ2) is 11.5. The summed E-state index contributed by atoms with van der Waals surface area (Å²) in [6, 6.07) is 9.52.